The number of nitrogen functional groups attached to an aromatic ring is 1. The number of nitrogens with zero attached hydrogens (tertiary/aromatic N) is 2. The fraction of sp³-hybridized carbons (Fsp3) is 0.238. The van der Waals surface area contributed by atoms with E-state index in [-0.39, 0.29) is 11.9 Å². The van der Waals surface area contributed by atoms with Crippen LogP contribution in [0.15, 0.2) is 36.4 Å². The molecule has 0 spiro atoms. The molecule has 27 heavy (non-hydrogen) atoms. The van der Waals surface area contributed by atoms with Crippen molar-refractivity contribution >= 4 is 22.5 Å². The van der Waals surface area contributed by atoms with Crippen LogP contribution in [0.5, 0.6) is 0 Å². The van der Waals surface area contributed by atoms with Gasteiger partial charge in [0.15, 0.2) is 0 Å². The molecule has 2 heterocycles. The lowest BCUT2D eigenvalue weighted by Crippen LogP contribution is -2.40. The number of para-hydroxylation sites is 1. The van der Waals surface area contributed by atoms with Gasteiger partial charge in [-0.1, -0.05) is 18.2 Å². The minimum Gasteiger partial charge on any atom is -0.397 e. The number of benzene rings is 2. The molecule has 5 rings (SSSR count). The first-order chi connectivity index (χ1) is 13.0. The Bertz CT molecular complexity index is 1090. The standard InChI is InChI=1S/C21H17F2N3O/c22-12-7-11(8-13(23)9-12)15-5-2-6-16-19(24)18-17(25-20(15)16)10-26(21(18)27)14-3-1-4-14/h2,5-9,14H,1,3-4,10H2,(H2,24,25). The molecule has 2 N–H and O–H groups in total. The summed E-state index contributed by atoms with van der Waals surface area (Å²) in [6.45, 7) is 0.435. The lowest BCUT2D eigenvalue weighted by atomic mass is 9.92. The zero-order chi connectivity index (χ0) is 18.7. The molecule has 0 bridgehead atoms. The number of fused-ring (bicyclic) bond motifs is 2. The maximum atomic E-state index is 13.7. The number of rotatable bonds is 2. The Morgan fingerprint density at radius 2 is 1.85 bits per heavy atom. The largest absolute Gasteiger partial charge is 0.397 e. The van der Waals surface area contributed by atoms with Crippen LogP contribution in [0.2, 0.25) is 0 Å². The SMILES string of the molecule is Nc1c2c(nc3c(-c4cc(F)cc(F)c4)cccc13)CN(C1CCC1)C2=O. The number of hydrogen-bond donors (Lipinski definition) is 1. The van der Waals surface area contributed by atoms with Crippen LogP contribution in [0.1, 0.15) is 35.3 Å². The van der Waals surface area contributed by atoms with E-state index in [1.807, 2.05) is 4.90 Å². The predicted octanol–water partition coefficient (Wildman–Crippen LogP) is 4.27. The molecule has 2 aliphatic rings. The van der Waals surface area contributed by atoms with E-state index >= 15 is 0 Å². The van der Waals surface area contributed by atoms with Crippen LogP contribution in [0.3, 0.4) is 0 Å². The molecule has 6 heteroatoms. The van der Waals surface area contributed by atoms with Crippen molar-refractivity contribution in [2.24, 2.45) is 0 Å². The van der Waals surface area contributed by atoms with Crippen molar-refractivity contribution in [2.45, 2.75) is 31.8 Å². The molecule has 4 nitrogen and oxygen atoms in total. The van der Waals surface area contributed by atoms with Gasteiger partial charge in [0.2, 0.25) is 0 Å². The number of anilines is 1. The predicted molar refractivity (Wildman–Crippen MR) is 99.0 cm³/mol. The average molecular weight is 365 g/mol. The van der Waals surface area contributed by atoms with Crippen LogP contribution >= 0.6 is 0 Å². The van der Waals surface area contributed by atoms with Gasteiger partial charge in [-0.05, 0) is 37.0 Å². The zero-order valence-corrected chi connectivity index (χ0v) is 14.5. The first kappa shape index (κ1) is 16.2. The second kappa shape index (κ2) is 5.74. The summed E-state index contributed by atoms with van der Waals surface area (Å²) in [4.78, 5) is 19.4. The van der Waals surface area contributed by atoms with Crippen LogP contribution in [-0.2, 0) is 6.54 Å². The Labute approximate surface area is 154 Å². The van der Waals surface area contributed by atoms with E-state index in [2.05, 4.69) is 0 Å². The molecule has 1 aliphatic heterocycles. The van der Waals surface area contributed by atoms with Crippen LogP contribution < -0.4 is 5.73 Å². The molecule has 3 aromatic rings. The second-order valence-electron chi connectivity index (χ2n) is 7.22. The monoisotopic (exact) mass is 365 g/mol. The Kier molecular flexibility index (Phi) is 3.44. The number of hydrogen-bond acceptors (Lipinski definition) is 3. The van der Waals surface area contributed by atoms with Crippen molar-refractivity contribution in [3.63, 3.8) is 0 Å². The quantitative estimate of drug-likeness (QED) is 0.738. The molecule has 136 valence electrons. The van der Waals surface area contributed by atoms with Gasteiger partial charge < -0.3 is 10.6 Å². The molecular formula is C21H17F2N3O. The minimum atomic E-state index is -0.650. The van der Waals surface area contributed by atoms with Gasteiger partial charge in [0.1, 0.15) is 11.6 Å². The van der Waals surface area contributed by atoms with Crippen LogP contribution in [0.4, 0.5) is 14.5 Å². The van der Waals surface area contributed by atoms with E-state index in [1.165, 1.54) is 12.1 Å². The minimum absolute atomic E-state index is 0.0659. The fourth-order valence-corrected chi connectivity index (χ4v) is 4.03. The van der Waals surface area contributed by atoms with Crippen molar-refractivity contribution in [3.8, 4) is 11.1 Å². The summed E-state index contributed by atoms with van der Waals surface area (Å²) < 4.78 is 27.4. The molecule has 0 unspecified atom stereocenters. The molecule has 0 radical (unpaired) electrons. The molecule has 1 saturated carbocycles. The summed E-state index contributed by atoms with van der Waals surface area (Å²) in [7, 11) is 0. The Hall–Kier alpha value is -3.02. The highest BCUT2D eigenvalue weighted by Crippen LogP contribution is 2.39. The summed E-state index contributed by atoms with van der Waals surface area (Å²) in [6.07, 6.45) is 3.14. The summed E-state index contributed by atoms with van der Waals surface area (Å²) in [5.41, 5.74) is 9.40. The number of carbonyl (C=O) groups is 1. The highest BCUT2D eigenvalue weighted by Gasteiger charge is 2.38. The summed E-state index contributed by atoms with van der Waals surface area (Å²) >= 11 is 0. The number of amides is 1. The highest BCUT2D eigenvalue weighted by atomic mass is 19.1. The van der Waals surface area contributed by atoms with Crippen molar-refractivity contribution < 1.29 is 13.6 Å². The molecule has 1 aliphatic carbocycles. The Morgan fingerprint density at radius 3 is 2.52 bits per heavy atom. The third-order valence-electron chi connectivity index (χ3n) is 5.61. The molecule has 0 atom stereocenters. The molecule has 2 aromatic carbocycles. The second-order valence-corrected chi connectivity index (χ2v) is 7.22. The lowest BCUT2D eigenvalue weighted by Gasteiger charge is -2.34. The highest BCUT2D eigenvalue weighted by molar-refractivity contribution is 6.11. The number of pyridine rings is 1. The van der Waals surface area contributed by atoms with Gasteiger partial charge in [-0.3, -0.25) is 4.79 Å². The van der Waals surface area contributed by atoms with Gasteiger partial charge in [0, 0.05) is 23.1 Å². The van der Waals surface area contributed by atoms with E-state index in [4.69, 9.17) is 10.7 Å². The van der Waals surface area contributed by atoms with E-state index in [9.17, 15) is 13.6 Å². The first-order valence-electron chi connectivity index (χ1n) is 9.01. The zero-order valence-electron chi connectivity index (χ0n) is 14.5. The number of halogens is 2. The number of aromatic nitrogens is 1. The topological polar surface area (TPSA) is 59.2 Å². The van der Waals surface area contributed by atoms with Gasteiger partial charge in [-0.2, -0.15) is 0 Å². The number of nitrogens with two attached hydrogens (primary N) is 1. The fourth-order valence-electron chi connectivity index (χ4n) is 4.03. The molecular weight excluding hydrogens is 348 g/mol. The van der Waals surface area contributed by atoms with Crippen LogP contribution in [-0.4, -0.2) is 21.8 Å². The smallest absolute Gasteiger partial charge is 0.258 e. The van der Waals surface area contributed by atoms with Crippen molar-refractivity contribution in [2.75, 3.05) is 5.73 Å². The normalized spacial score (nSPS) is 16.7. The third kappa shape index (κ3) is 2.40. The molecule has 1 aromatic heterocycles. The number of carbonyl (C=O) groups excluding carboxylic acids is 1. The Balaban J connectivity index is 1.71. The maximum absolute atomic E-state index is 13.7. The van der Waals surface area contributed by atoms with Crippen molar-refractivity contribution in [1.82, 2.24) is 9.88 Å². The van der Waals surface area contributed by atoms with Crippen molar-refractivity contribution in [1.29, 1.82) is 0 Å². The van der Waals surface area contributed by atoms with Gasteiger partial charge >= 0.3 is 0 Å². The maximum Gasteiger partial charge on any atom is 0.258 e. The van der Waals surface area contributed by atoms with Gasteiger partial charge in [0.05, 0.1) is 29.0 Å². The summed E-state index contributed by atoms with van der Waals surface area (Å²) in [5, 5.41) is 0.625. The molecule has 1 amide bonds. The van der Waals surface area contributed by atoms with Gasteiger partial charge in [-0.15, -0.1) is 0 Å². The van der Waals surface area contributed by atoms with E-state index in [1.54, 1.807) is 18.2 Å². The summed E-state index contributed by atoms with van der Waals surface area (Å²) in [5.74, 6) is -1.37. The van der Waals surface area contributed by atoms with Crippen molar-refractivity contribution in [3.05, 3.63) is 59.3 Å². The van der Waals surface area contributed by atoms with Crippen LogP contribution in [0.25, 0.3) is 22.0 Å². The Morgan fingerprint density at radius 1 is 1.11 bits per heavy atom. The van der Waals surface area contributed by atoms with Gasteiger partial charge in [-0.25, -0.2) is 13.8 Å². The summed E-state index contributed by atoms with van der Waals surface area (Å²) in [6, 6.07) is 8.94. The lowest BCUT2D eigenvalue weighted by molar-refractivity contribution is 0.0606. The van der Waals surface area contributed by atoms with Gasteiger partial charge in [0.25, 0.3) is 5.91 Å². The van der Waals surface area contributed by atoms with Crippen LogP contribution in [0, 0.1) is 11.6 Å². The van der Waals surface area contributed by atoms with E-state index in [0.29, 0.717) is 45.5 Å². The van der Waals surface area contributed by atoms with E-state index < -0.39 is 11.6 Å². The van der Waals surface area contributed by atoms with E-state index in [0.717, 1.165) is 25.3 Å². The first-order valence-corrected chi connectivity index (χ1v) is 9.01. The average Bonchev–Trinajstić information content (AvgIpc) is 2.89. The third-order valence-corrected chi connectivity index (χ3v) is 5.61. The molecule has 0 saturated heterocycles. The molecule has 1 fully saturated rings.